The number of allylic oxidation sites excluding steroid dienone is 1. The first kappa shape index (κ1) is 17.4. The van der Waals surface area contributed by atoms with Crippen molar-refractivity contribution in [2.24, 2.45) is 0 Å². The molecule has 24 heavy (non-hydrogen) atoms. The molecule has 1 unspecified atom stereocenters. The van der Waals surface area contributed by atoms with Crippen molar-refractivity contribution in [2.45, 2.75) is 69.7 Å². The summed E-state index contributed by atoms with van der Waals surface area (Å²) in [6.07, 6.45) is 11.8. The van der Waals surface area contributed by atoms with Gasteiger partial charge in [-0.2, -0.15) is 0 Å². The first-order chi connectivity index (χ1) is 11.7. The molecule has 0 bridgehead atoms. The van der Waals surface area contributed by atoms with Crippen molar-refractivity contribution >= 4 is 11.8 Å². The summed E-state index contributed by atoms with van der Waals surface area (Å²) in [6.45, 7) is 1.32. The first-order valence-corrected chi connectivity index (χ1v) is 9.23. The van der Waals surface area contributed by atoms with Gasteiger partial charge < -0.3 is 20.1 Å². The summed E-state index contributed by atoms with van der Waals surface area (Å²) in [6, 6.07) is 0. The van der Waals surface area contributed by atoms with Gasteiger partial charge in [0.2, 0.25) is 0 Å². The summed E-state index contributed by atoms with van der Waals surface area (Å²) < 4.78 is 11.7. The normalized spacial score (nSPS) is 25.5. The molecule has 2 amide bonds. The molecule has 6 heteroatoms. The van der Waals surface area contributed by atoms with E-state index in [-0.39, 0.29) is 6.10 Å². The Balaban J connectivity index is 1.31. The van der Waals surface area contributed by atoms with Gasteiger partial charge in [0.15, 0.2) is 5.79 Å². The van der Waals surface area contributed by atoms with E-state index >= 15 is 0 Å². The van der Waals surface area contributed by atoms with Crippen molar-refractivity contribution < 1.29 is 19.1 Å². The minimum atomic E-state index is -0.594. The molecule has 0 aromatic carbocycles. The fraction of sp³-hybridized carbons (Fsp3) is 0.778. The summed E-state index contributed by atoms with van der Waals surface area (Å²) in [4.78, 5) is 23.7. The Morgan fingerprint density at radius 2 is 1.92 bits per heavy atom. The minimum Gasteiger partial charge on any atom is -0.348 e. The van der Waals surface area contributed by atoms with Gasteiger partial charge >= 0.3 is 11.8 Å². The Morgan fingerprint density at radius 1 is 1.12 bits per heavy atom. The lowest BCUT2D eigenvalue weighted by Gasteiger charge is -2.21. The van der Waals surface area contributed by atoms with Crippen molar-refractivity contribution in [3.8, 4) is 0 Å². The fourth-order valence-corrected chi connectivity index (χ4v) is 3.73. The second-order valence-electron chi connectivity index (χ2n) is 6.99. The molecular formula is C18H28N2O4. The minimum absolute atomic E-state index is 0.160. The average Bonchev–Trinajstić information content (AvgIpc) is 3.23. The van der Waals surface area contributed by atoms with Crippen LogP contribution in [0, 0.1) is 0 Å². The number of rotatable bonds is 5. The second-order valence-corrected chi connectivity index (χ2v) is 6.99. The van der Waals surface area contributed by atoms with Crippen LogP contribution in [0.4, 0.5) is 0 Å². The third-order valence-electron chi connectivity index (χ3n) is 5.09. The maximum absolute atomic E-state index is 11.9. The van der Waals surface area contributed by atoms with Crippen LogP contribution in [0.2, 0.25) is 0 Å². The van der Waals surface area contributed by atoms with Gasteiger partial charge in [0, 0.05) is 25.9 Å². The molecule has 1 saturated carbocycles. The van der Waals surface area contributed by atoms with Crippen molar-refractivity contribution in [2.75, 3.05) is 19.7 Å². The molecule has 1 spiro atoms. The predicted molar refractivity (Wildman–Crippen MR) is 89.2 cm³/mol. The Hall–Kier alpha value is -1.40. The van der Waals surface area contributed by atoms with Crippen LogP contribution < -0.4 is 10.6 Å². The van der Waals surface area contributed by atoms with Crippen LogP contribution >= 0.6 is 0 Å². The zero-order valence-corrected chi connectivity index (χ0v) is 14.3. The van der Waals surface area contributed by atoms with Crippen molar-refractivity contribution in [1.29, 1.82) is 0 Å². The summed E-state index contributed by atoms with van der Waals surface area (Å²) in [5.74, 6) is -1.59. The molecule has 1 atom stereocenters. The molecule has 1 saturated heterocycles. The number of carbonyl (C=O) groups excluding carboxylic acids is 2. The third kappa shape index (κ3) is 4.57. The molecule has 134 valence electrons. The highest BCUT2D eigenvalue weighted by Crippen LogP contribution is 2.38. The maximum atomic E-state index is 11.9. The number of hydrogen-bond donors (Lipinski definition) is 2. The molecular weight excluding hydrogens is 308 g/mol. The van der Waals surface area contributed by atoms with Gasteiger partial charge in [-0.1, -0.05) is 11.6 Å². The Morgan fingerprint density at radius 3 is 2.67 bits per heavy atom. The second kappa shape index (κ2) is 8.12. The van der Waals surface area contributed by atoms with E-state index in [2.05, 4.69) is 16.7 Å². The van der Waals surface area contributed by atoms with Crippen LogP contribution in [0.3, 0.4) is 0 Å². The van der Waals surface area contributed by atoms with Gasteiger partial charge in [0.1, 0.15) is 6.10 Å². The Kier molecular flexibility index (Phi) is 5.89. The van der Waals surface area contributed by atoms with Gasteiger partial charge in [0.25, 0.3) is 0 Å². The average molecular weight is 336 g/mol. The highest BCUT2D eigenvalue weighted by molar-refractivity contribution is 6.35. The topological polar surface area (TPSA) is 76.7 Å². The van der Waals surface area contributed by atoms with E-state index in [0.29, 0.717) is 19.7 Å². The van der Waals surface area contributed by atoms with E-state index < -0.39 is 17.6 Å². The van der Waals surface area contributed by atoms with Gasteiger partial charge in [0.05, 0.1) is 6.61 Å². The molecule has 0 aromatic rings. The molecule has 1 aliphatic heterocycles. The zero-order valence-electron chi connectivity index (χ0n) is 14.3. The van der Waals surface area contributed by atoms with Crippen LogP contribution in [0.25, 0.3) is 0 Å². The standard InChI is InChI=1S/C18H28N2O4/c21-16(19-11-8-14-6-2-1-3-7-14)17(22)20-12-15-13-23-18(24-15)9-4-5-10-18/h6,15H,1-5,7-13H2,(H,19,21)(H,20,22). The van der Waals surface area contributed by atoms with Gasteiger partial charge in [-0.05, 0) is 44.9 Å². The quantitative estimate of drug-likeness (QED) is 0.593. The van der Waals surface area contributed by atoms with Crippen LogP contribution in [-0.4, -0.2) is 43.4 Å². The predicted octanol–water partition coefficient (Wildman–Crippen LogP) is 1.79. The lowest BCUT2D eigenvalue weighted by atomic mass is 9.97. The van der Waals surface area contributed by atoms with Gasteiger partial charge in [-0.25, -0.2) is 0 Å². The molecule has 6 nitrogen and oxygen atoms in total. The highest BCUT2D eigenvalue weighted by Gasteiger charge is 2.43. The summed E-state index contributed by atoms with van der Waals surface area (Å²) in [5, 5.41) is 5.34. The monoisotopic (exact) mass is 336 g/mol. The number of hydrogen-bond acceptors (Lipinski definition) is 4. The maximum Gasteiger partial charge on any atom is 0.309 e. The molecule has 2 N–H and O–H groups in total. The van der Waals surface area contributed by atoms with E-state index in [1.165, 1.54) is 18.4 Å². The molecule has 0 aromatic heterocycles. The SMILES string of the molecule is O=C(NCCC1=CCCCC1)C(=O)NCC1COC2(CCCC2)O1. The van der Waals surface area contributed by atoms with Crippen LogP contribution in [0.15, 0.2) is 11.6 Å². The van der Waals surface area contributed by atoms with Crippen LogP contribution in [0.5, 0.6) is 0 Å². The van der Waals surface area contributed by atoms with Gasteiger partial charge in [-0.3, -0.25) is 9.59 Å². The largest absolute Gasteiger partial charge is 0.348 e. The molecule has 3 aliphatic rings. The number of nitrogens with one attached hydrogen (secondary N) is 2. The van der Waals surface area contributed by atoms with Crippen molar-refractivity contribution in [3.05, 3.63) is 11.6 Å². The van der Waals surface area contributed by atoms with Crippen molar-refractivity contribution in [3.63, 3.8) is 0 Å². The lowest BCUT2D eigenvalue weighted by molar-refractivity contribution is -0.161. The molecule has 0 radical (unpaired) electrons. The van der Waals surface area contributed by atoms with E-state index in [4.69, 9.17) is 9.47 Å². The van der Waals surface area contributed by atoms with E-state index in [1.807, 2.05) is 0 Å². The molecule has 2 aliphatic carbocycles. The molecule has 3 rings (SSSR count). The molecule has 2 fully saturated rings. The van der Waals surface area contributed by atoms with E-state index in [9.17, 15) is 9.59 Å². The molecule has 1 heterocycles. The number of ether oxygens (including phenoxy) is 2. The fourth-order valence-electron chi connectivity index (χ4n) is 3.73. The highest BCUT2D eigenvalue weighted by atomic mass is 16.7. The zero-order chi connectivity index (χ0) is 16.8. The van der Waals surface area contributed by atoms with E-state index in [0.717, 1.165) is 44.9 Å². The lowest BCUT2D eigenvalue weighted by Crippen LogP contribution is -2.43. The number of carbonyl (C=O) groups is 2. The third-order valence-corrected chi connectivity index (χ3v) is 5.09. The first-order valence-electron chi connectivity index (χ1n) is 9.23. The van der Waals surface area contributed by atoms with Crippen molar-refractivity contribution in [1.82, 2.24) is 10.6 Å². The Labute approximate surface area is 143 Å². The summed E-state index contributed by atoms with van der Waals surface area (Å²) >= 11 is 0. The van der Waals surface area contributed by atoms with Crippen LogP contribution in [0.1, 0.15) is 57.8 Å². The van der Waals surface area contributed by atoms with E-state index in [1.54, 1.807) is 0 Å². The summed E-state index contributed by atoms with van der Waals surface area (Å²) in [5.41, 5.74) is 1.39. The number of amides is 2. The summed E-state index contributed by atoms with van der Waals surface area (Å²) in [7, 11) is 0. The smallest absolute Gasteiger partial charge is 0.309 e. The Bertz CT molecular complexity index is 497. The van der Waals surface area contributed by atoms with Gasteiger partial charge in [-0.15, -0.1) is 0 Å². The van der Waals surface area contributed by atoms with Crippen LogP contribution in [-0.2, 0) is 19.1 Å².